The van der Waals surface area contributed by atoms with Gasteiger partial charge in [0.15, 0.2) is 11.6 Å². The van der Waals surface area contributed by atoms with E-state index < -0.39 is 17.3 Å². The van der Waals surface area contributed by atoms with E-state index in [-0.39, 0.29) is 10.8 Å². The number of hydrogen-bond acceptors (Lipinski definition) is 2. The molecule has 14 heavy (non-hydrogen) atoms. The van der Waals surface area contributed by atoms with Crippen LogP contribution in [0.4, 0.5) is 4.39 Å². The van der Waals surface area contributed by atoms with E-state index in [0.29, 0.717) is 4.47 Å². The van der Waals surface area contributed by atoms with Crippen LogP contribution >= 0.6 is 27.5 Å². The Kier molecular flexibility index (Phi) is 3.34. The zero-order valence-electron chi connectivity index (χ0n) is 6.97. The van der Waals surface area contributed by atoms with Gasteiger partial charge in [-0.25, -0.2) is 9.18 Å². The Balaban J connectivity index is 3.47. The molecule has 0 atom stereocenters. The molecule has 6 heteroatoms. The third kappa shape index (κ3) is 1.83. The average Bonchev–Trinajstić information content (AvgIpc) is 2.12. The largest absolute Gasteiger partial charge is 0.494 e. The molecule has 0 fully saturated rings. The zero-order valence-corrected chi connectivity index (χ0v) is 9.32. The molecular weight excluding hydrogens is 278 g/mol. The van der Waals surface area contributed by atoms with Gasteiger partial charge in [0.2, 0.25) is 0 Å². The molecule has 0 saturated heterocycles. The number of ether oxygens (including phenoxy) is 1. The predicted octanol–water partition coefficient (Wildman–Crippen LogP) is 2.95. The van der Waals surface area contributed by atoms with Crippen molar-refractivity contribution in [3.05, 3.63) is 26.9 Å². The van der Waals surface area contributed by atoms with Crippen LogP contribution in [0.3, 0.4) is 0 Å². The summed E-state index contributed by atoms with van der Waals surface area (Å²) in [5.41, 5.74) is -0.498. The fourth-order valence-electron chi connectivity index (χ4n) is 0.921. The molecule has 0 saturated carbocycles. The molecule has 0 aliphatic carbocycles. The number of benzene rings is 1. The highest BCUT2D eigenvalue weighted by molar-refractivity contribution is 9.10. The molecule has 1 aromatic carbocycles. The highest BCUT2D eigenvalue weighted by Gasteiger charge is 2.20. The Labute approximate surface area is 92.6 Å². The lowest BCUT2D eigenvalue weighted by Gasteiger charge is -2.08. The lowest BCUT2D eigenvalue weighted by Crippen LogP contribution is -2.02. The molecule has 1 rings (SSSR count). The number of carboxylic acids is 1. The van der Waals surface area contributed by atoms with Gasteiger partial charge in [-0.1, -0.05) is 11.6 Å². The molecule has 1 aromatic rings. The van der Waals surface area contributed by atoms with Crippen LogP contribution < -0.4 is 4.74 Å². The molecule has 3 nitrogen and oxygen atoms in total. The van der Waals surface area contributed by atoms with E-state index in [2.05, 4.69) is 15.9 Å². The minimum absolute atomic E-state index is 0.0779. The van der Waals surface area contributed by atoms with Crippen LogP contribution in [0, 0.1) is 5.82 Å². The summed E-state index contributed by atoms with van der Waals surface area (Å²) in [7, 11) is 1.31. The van der Waals surface area contributed by atoms with Crippen LogP contribution in [0.25, 0.3) is 0 Å². The van der Waals surface area contributed by atoms with E-state index in [1.807, 2.05) is 0 Å². The van der Waals surface area contributed by atoms with Gasteiger partial charge in [0.1, 0.15) is 5.02 Å². The summed E-state index contributed by atoms with van der Waals surface area (Å²) in [6.45, 7) is 0. The summed E-state index contributed by atoms with van der Waals surface area (Å²) >= 11 is 8.58. The SMILES string of the molecule is COc1c(Br)cc(C(=O)O)c(F)c1Cl. The monoisotopic (exact) mass is 282 g/mol. The van der Waals surface area contributed by atoms with Crippen LogP contribution in [0.5, 0.6) is 5.75 Å². The number of carbonyl (C=O) groups is 1. The second-order valence-electron chi connectivity index (χ2n) is 2.37. The standard InChI is InChI=1S/C8H5BrClFO3/c1-14-7-4(9)2-3(8(12)13)6(11)5(7)10/h2H,1H3,(H,12,13). The Morgan fingerprint density at radius 2 is 2.29 bits per heavy atom. The van der Waals surface area contributed by atoms with Gasteiger partial charge in [-0.2, -0.15) is 0 Å². The molecule has 0 aromatic heterocycles. The smallest absolute Gasteiger partial charge is 0.338 e. The first kappa shape index (κ1) is 11.3. The second kappa shape index (κ2) is 4.14. The molecule has 0 aliphatic rings. The Morgan fingerprint density at radius 3 is 2.71 bits per heavy atom. The van der Waals surface area contributed by atoms with Crippen molar-refractivity contribution in [2.75, 3.05) is 7.11 Å². The summed E-state index contributed by atoms with van der Waals surface area (Å²) in [6.07, 6.45) is 0. The number of halogens is 3. The Morgan fingerprint density at radius 1 is 1.71 bits per heavy atom. The quantitative estimate of drug-likeness (QED) is 0.849. The first-order valence-corrected chi connectivity index (χ1v) is 4.61. The molecule has 76 valence electrons. The van der Waals surface area contributed by atoms with E-state index in [4.69, 9.17) is 21.4 Å². The van der Waals surface area contributed by atoms with Crippen molar-refractivity contribution in [1.29, 1.82) is 0 Å². The van der Waals surface area contributed by atoms with E-state index >= 15 is 0 Å². The normalized spacial score (nSPS) is 10.0. The lowest BCUT2D eigenvalue weighted by atomic mass is 10.2. The summed E-state index contributed by atoms with van der Waals surface area (Å²) in [4.78, 5) is 10.6. The van der Waals surface area contributed by atoms with Crippen LogP contribution in [-0.4, -0.2) is 18.2 Å². The highest BCUT2D eigenvalue weighted by Crippen LogP contribution is 2.36. The molecule has 0 amide bonds. The van der Waals surface area contributed by atoms with Crippen LogP contribution in [-0.2, 0) is 0 Å². The highest BCUT2D eigenvalue weighted by atomic mass is 79.9. The molecule has 0 unspecified atom stereocenters. The maximum Gasteiger partial charge on any atom is 0.338 e. The van der Waals surface area contributed by atoms with Crippen molar-refractivity contribution in [1.82, 2.24) is 0 Å². The maximum atomic E-state index is 13.3. The Hall–Kier alpha value is -0.810. The van der Waals surface area contributed by atoms with Crippen molar-refractivity contribution in [2.45, 2.75) is 0 Å². The molecule has 0 radical (unpaired) electrons. The van der Waals surface area contributed by atoms with E-state index in [9.17, 15) is 9.18 Å². The molecule has 0 spiro atoms. The van der Waals surface area contributed by atoms with Gasteiger partial charge in [-0.15, -0.1) is 0 Å². The van der Waals surface area contributed by atoms with Gasteiger partial charge in [0.05, 0.1) is 17.1 Å². The number of hydrogen-bond donors (Lipinski definition) is 1. The van der Waals surface area contributed by atoms with Crippen LogP contribution in [0.1, 0.15) is 10.4 Å². The maximum absolute atomic E-state index is 13.3. The van der Waals surface area contributed by atoms with Crippen LogP contribution in [0.2, 0.25) is 5.02 Å². The predicted molar refractivity (Wildman–Crippen MR) is 52.6 cm³/mol. The van der Waals surface area contributed by atoms with Gasteiger partial charge in [-0.05, 0) is 22.0 Å². The molecule has 0 aliphatic heterocycles. The van der Waals surface area contributed by atoms with Gasteiger partial charge in [-0.3, -0.25) is 0 Å². The molecular formula is C8H5BrClFO3. The fraction of sp³-hybridized carbons (Fsp3) is 0.125. The number of carboxylic acid groups (broad SMARTS) is 1. The summed E-state index contributed by atoms with van der Waals surface area (Å²) in [5, 5.41) is 8.27. The lowest BCUT2D eigenvalue weighted by molar-refractivity contribution is 0.0691. The summed E-state index contributed by atoms with van der Waals surface area (Å²) < 4.78 is 18.3. The summed E-state index contributed by atoms with van der Waals surface area (Å²) in [6, 6.07) is 1.10. The van der Waals surface area contributed by atoms with E-state index in [0.717, 1.165) is 6.07 Å². The zero-order chi connectivity index (χ0) is 10.9. The molecule has 1 N–H and O–H groups in total. The third-order valence-corrected chi connectivity index (χ3v) is 2.48. The Bertz CT molecular complexity index is 395. The topological polar surface area (TPSA) is 46.5 Å². The first-order valence-electron chi connectivity index (χ1n) is 3.43. The van der Waals surface area contributed by atoms with E-state index in [1.165, 1.54) is 7.11 Å². The molecule has 0 bridgehead atoms. The molecule has 0 heterocycles. The minimum atomic E-state index is -1.38. The van der Waals surface area contributed by atoms with E-state index in [1.54, 1.807) is 0 Å². The van der Waals surface area contributed by atoms with Crippen molar-refractivity contribution in [2.24, 2.45) is 0 Å². The number of aromatic carboxylic acids is 1. The fourth-order valence-corrected chi connectivity index (χ4v) is 1.91. The van der Waals surface area contributed by atoms with Gasteiger partial charge < -0.3 is 9.84 Å². The van der Waals surface area contributed by atoms with Gasteiger partial charge in [0, 0.05) is 0 Å². The van der Waals surface area contributed by atoms with Gasteiger partial charge >= 0.3 is 5.97 Å². The summed E-state index contributed by atoms with van der Waals surface area (Å²) in [5.74, 6) is -2.30. The van der Waals surface area contributed by atoms with Crippen molar-refractivity contribution < 1.29 is 19.0 Å². The second-order valence-corrected chi connectivity index (χ2v) is 3.60. The van der Waals surface area contributed by atoms with Crippen molar-refractivity contribution in [3.8, 4) is 5.75 Å². The van der Waals surface area contributed by atoms with Crippen LogP contribution in [0.15, 0.2) is 10.5 Å². The number of methoxy groups -OCH3 is 1. The third-order valence-electron chi connectivity index (χ3n) is 1.55. The van der Waals surface area contributed by atoms with Crippen molar-refractivity contribution in [3.63, 3.8) is 0 Å². The first-order chi connectivity index (χ1) is 6.49. The minimum Gasteiger partial charge on any atom is -0.494 e. The van der Waals surface area contributed by atoms with Gasteiger partial charge in [0.25, 0.3) is 0 Å². The van der Waals surface area contributed by atoms with Crippen molar-refractivity contribution >= 4 is 33.5 Å². The average molecular weight is 283 g/mol. The number of rotatable bonds is 2.